The van der Waals surface area contributed by atoms with Gasteiger partial charge < -0.3 is 21.7 Å². The molecule has 0 spiro atoms. The SMILES string of the molecule is NCCC(=O)Cc1ccc2c(c1)c(C(N)=O)nn2CC(=O)N(CC(=O)Nc1cccc(Cl)n1)C1CC1. The summed E-state index contributed by atoms with van der Waals surface area (Å²) in [7, 11) is 0. The fourth-order valence-corrected chi connectivity index (χ4v) is 4.12. The zero-order valence-corrected chi connectivity index (χ0v) is 20.2. The number of aromatic nitrogens is 3. The molecular formula is C24H26ClN7O4. The number of anilines is 1. The van der Waals surface area contributed by atoms with Gasteiger partial charge in [0, 0.05) is 24.3 Å². The molecule has 2 heterocycles. The molecule has 1 aromatic carbocycles. The summed E-state index contributed by atoms with van der Waals surface area (Å²) in [5.41, 5.74) is 12.2. The molecule has 1 saturated carbocycles. The number of benzene rings is 1. The first-order valence-corrected chi connectivity index (χ1v) is 11.9. The van der Waals surface area contributed by atoms with Crippen molar-refractivity contribution in [1.29, 1.82) is 0 Å². The van der Waals surface area contributed by atoms with E-state index in [1.807, 2.05) is 0 Å². The summed E-state index contributed by atoms with van der Waals surface area (Å²) in [6.07, 6.45) is 2.01. The smallest absolute Gasteiger partial charge is 0.269 e. The average Bonchev–Trinajstić information content (AvgIpc) is 3.59. The van der Waals surface area contributed by atoms with Crippen molar-refractivity contribution in [2.24, 2.45) is 11.5 Å². The Morgan fingerprint density at radius 2 is 1.94 bits per heavy atom. The first kappa shape index (κ1) is 25.3. The van der Waals surface area contributed by atoms with Crippen LogP contribution in [-0.2, 0) is 27.3 Å². The van der Waals surface area contributed by atoms with Crippen LogP contribution in [-0.4, -0.2) is 62.3 Å². The third-order valence-corrected chi connectivity index (χ3v) is 5.97. The molecule has 2 aromatic heterocycles. The number of halogens is 1. The highest BCUT2D eigenvalue weighted by atomic mass is 35.5. The lowest BCUT2D eigenvalue weighted by Gasteiger charge is -2.22. The third-order valence-electron chi connectivity index (χ3n) is 5.76. The van der Waals surface area contributed by atoms with Crippen LogP contribution >= 0.6 is 11.6 Å². The largest absolute Gasteiger partial charge is 0.364 e. The zero-order chi connectivity index (χ0) is 25.8. The minimum absolute atomic E-state index is 0.00803. The van der Waals surface area contributed by atoms with Gasteiger partial charge >= 0.3 is 0 Å². The number of primary amides is 1. The van der Waals surface area contributed by atoms with Crippen LogP contribution in [0.25, 0.3) is 10.9 Å². The third kappa shape index (κ3) is 6.04. The lowest BCUT2D eigenvalue weighted by atomic mass is 10.0. The number of rotatable bonds is 11. The number of carbonyl (C=O) groups is 4. The highest BCUT2D eigenvalue weighted by Gasteiger charge is 2.34. The molecule has 0 unspecified atom stereocenters. The van der Waals surface area contributed by atoms with Gasteiger partial charge in [0.1, 0.15) is 29.8 Å². The molecule has 4 rings (SSSR count). The maximum Gasteiger partial charge on any atom is 0.269 e. The number of nitrogens with two attached hydrogens (primary N) is 2. The summed E-state index contributed by atoms with van der Waals surface area (Å²) in [5, 5.41) is 7.61. The number of hydrogen-bond acceptors (Lipinski definition) is 7. The normalized spacial score (nSPS) is 12.9. The Kier molecular flexibility index (Phi) is 7.61. The second kappa shape index (κ2) is 10.8. The first-order valence-electron chi connectivity index (χ1n) is 11.5. The molecule has 0 radical (unpaired) electrons. The first-order chi connectivity index (χ1) is 17.2. The predicted molar refractivity (Wildman–Crippen MR) is 133 cm³/mol. The topological polar surface area (TPSA) is 166 Å². The van der Waals surface area contributed by atoms with Gasteiger partial charge in [0.15, 0.2) is 5.69 Å². The molecule has 5 N–H and O–H groups in total. The minimum atomic E-state index is -0.746. The molecule has 12 heteroatoms. The number of ketones is 1. The van der Waals surface area contributed by atoms with Gasteiger partial charge in [0.2, 0.25) is 11.8 Å². The van der Waals surface area contributed by atoms with Crippen LogP contribution in [0.15, 0.2) is 36.4 Å². The Bertz CT molecular complexity index is 1340. The number of nitrogens with zero attached hydrogens (tertiary/aromatic N) is 4. The van der Waals surface area contributed by atoms with E-state index in [9.17, 15) is 19.2 Å². The molecule has 0 bridgehead atoms. The van der Waals surface area contributed by atoms with Crippen LogP contribution in [0.5, 0.6) is 0 Å². The van der Waals surface area contributed by atoms with E-state index in [1.165, 1.54) is 9.58 Å². The van der Waals surface area contributed by atoms with Gasteiger partial charge in [-0.05, 0) is 49.2 Å². The van der Waals surface area contributed by atoms with Gasteiger partial charge in [-0.2, -0.15) is 5.10 Å². The second-order valence-corrected chi connectivity index (χ2v) is 9.01. The maximum absolute atomic E-state index is 13.2. The Hall–Kier alpha value is -3.83. The minimum Gasteiger partial charge on any atom is -0.364 e. The van der Waals surface area contributed by atoms with E-state index in [0.29, 0.717) is 22.3 Å². The fraction of sp³-hybridized carbons (Fsp3) is 0.333. The molecule has 0 saturated heterocycles. The number of amides is 3. The quantitative estimate of drug-likeness (QED) is 0.326. The summed E-state index contributed by atoms with van der Waals surface area (Å²) in [5.74, 6) is -1.20. The van der Waals surface area contributed by atoms with Gasteiger partial charge in [-0.25, -0.2) is 4.98 Å². The molecule has 36 heavy (non-hydrogen) atoms. The van der Waals surface area contributed by atoms with E-state index in [1.54, 1.807) is 36.4 Å². The van der Waals surface area contributed by atoms with Gasteiger partial charge in [0.25, 0.3) is 5.91 Å². The van der Waals surface area contributed by atoms with Crippen molar-refractivity contribution in [3.63, 3.8) is 0 Å². The lowest BCUT2D eigenvalue weighted by molar-refractivity contribution is -0.135. The molecular weight excluding hydrogens is 486 g/mol. The Labute approximate surface area is 211 Å². The van der Waals surface area contributed by atoms with E-state index < -0.39 is 11.8 Å². The van der Waals surface area contributed by atoms with E-state index in [2.05, 4.69) is 15.4 Å². The van der Waals surface area contributed by atoms with Crippen LogP contribution < -0.4 is 16.8 Å². The second-order valence-electron chi connectivity index (χ2n) is 8.62. The van der Waals surface area contributed by atoms with E-state index in [4.69, 9.17) is 23.1 Å². The highest BCUT2D eigenvalue weighted by molar-refractivity contribution is 6.29. The maximum atomic E-state index is 13.2. The molecule has 188 valence electrons. The summed E-state index contributed by atoms with van der Waals surface area (Å²) in [6.45, 7) is -0.0832. The van der Waals surface area contributed by atoms with Crippen LogP contribution in [0.4, 0.5) is 5.82 Å². The average molecular weight is 512 g/mol. The molecule has 11 nitrogen and oxygen atoms in total. The Balaban J connectivity index is 1.52. The molecule has 3 amide bonds. The molecule has 1 fully saturated rings. The lowest BCUT2D eigenvalue weighted by Crippen LogP contribution is -2.41. The number of Topliss-reactive ketones (excluding diaryl/α,β-unsaturated/α-hetero) is 1. The molecule has 1 aliphatic rings. The van der Waals surface area contributed by atoms with Crippen molar-refractivity contribution in [1.82, 2.24) is 19.7 Å². The number of nitrogens with one attached hydrogen (secondary N) is 1. The van der Waals surface area contributed by atoms with Crippen molar-refractivity contribution in [2.75, 3.05) is 18.4 Å². The van der Waals surface area contributed by atoms with Crippen molar-refractivity contribution in [3.8, 4) is 0 Å². The van der Waals surface area contributed by atoms with Crippen molar-refractivity contribution in [2.45, 2.75) is 38.3 Å². The number of fused-ring (bicyclic) bond motifs is 1. The highest BCUT2D eigenvalue weighted by Crippen LogP contribution is 2.28. The Morgan fingerprint density at radius 3 is 2.61 bits per heavy atom. The summed E-state index contributed by atoms with van der Waals surface area (Å²) >= 11 is 5.86. The van der Waals surface area contributed by atoms with Crippen LogP contribution in [0.2, 0.25) is 5.15 Å². The number of pyridine rings is 1. The summed E-state index contributed by atoms with van der Waals surface area (Å²) < 4.78 is 1.40. The standard InChI is InChI=1S/C24H26ClN7O4/c25-19-2-1-3-20(28-19)29-21(34)12-31(15-5-6-15)22(35)13-32-18-7-4-14(10-16(33)8-9-26)11-17(18)23(30-32)24(27)36/h1-4,7,11,15H,5-6,8-10,12-13,26H2,(H2,27,36)(H,28,29,34). The summed E-state index contributed by atoms with van der Waals surface area (Å²) in [6, 6.07) is 9.93. The number of carbonyl (C=O) groups excluding carboxylic acids is 4. The van der Waals surface area contributed by atoms with Gasteiger partial charge in [0.05, 0.1) is 5.52 Å². The van der Waals surface area contributed by atoms with Crippen molar-refractivity contribution >= 4 is 51.8 Å². The molecule has 1 aliphatic carbocycles. The van der Waals surface area contributed by atoms with E-state index in [-0.39, 0.29) is 61.1 Å². The van der Waals surface area contributed by atoms with Crippen LogP contribution in [0, 0.1) is 0 Å². The van der Waals surface area contributed by atoms with Crippen LogP contribution in [0.3, 0.4) is 0 Å². The van der Waals surface area contributed by atoms with Gasteiger partial charge in [-0.3, -0.25) is 23.9 Å². The van der Waals surface area contributed by atoms with Crippen molar-refractivity contribution in [3.05, 3.63) is 52.8 Å². The Morgan fingerprint density at radius 1 is 1.17 bits per heavy atom. The van der Waals surface area contributed by atoms with Crippen LogP contribution in [0.1, 0.15) is 35.3 Å². The van der Waals surface area contributed by atoms with E-state index >= 15 is 0 Å². The zero-order valence-electron chi connectivity index (χ0n) is 19.4. The molecule has 0 aliphatic heterocycles. The van der Waals surface area contributed by atoms with Gasteiger partial charge in [-0.1, -0.05) is 23.7 Å². The number of hydrogen-bond donors (Lipinski definition) is 3. The van der Waals surface area contributed by atoms with E-state index in [0.717, 1.165) is 12.8 Å². The van der Waals surface area contributed by atoms with Gasteiger partial charge in [-0.15, -0.1) is 0 Å². The summed E-state index contributed by atoms with van der Waals surface area (Å²) in [4.78, 5) is 55.4. The molecule has 3 aromatic rings. The van der Waals surface area contributed by atoms with Crippen molar-refractivity contribution < 1.29 is 19.2 Å². The predicted octanol–water partition coefficient (Wildman–Crippen LogP) is 1.27. The fourth-order valence-electron chi connectivity index (χ4n) is 3.96. The monoisotopic (exact) mass is 511 g/mol. The molecule has 0 atom stereocenters.